The Kier molecular flexibility index (Phi) is 5.53. The number of piperidine rings is 1. The Bertz CT molecular complexity index is 819. The number of hydrogen-bond donors (Lipinski definition) is 1. The molecular weight excluding hydrogens is 426 g/mol. The highest BCUT2D eigenvalue weighted by Crippen LogP contribution is 2.43. The van der Waals surface area contributed by atoms with Gasteiger partial charge in [-0.05, 0) is 56.4 Å². The maximum atomic E-state index is 13.1. The topological polar surface area (TPSA) is 41.6 Å². The van der Waals surface area contributed by atoms with E-state index in [1.54, 1.807) is 0 Å². The first-order valence-corrected chi connectivity index (χ1v) is 10.3. The summed E-state index contributed by atoms with van der Waals surface area (Å²) < 4.78 is 84.3. The molecule has 3 heterocycles. The van der Waals surface area contributed by atoms with E-state index < -0.39 is 35.1 Å². The van der Waals surface area contributed by atoms with Gasteiger partial charge in [0.2, 0.25) is 5.91 Å². The van der Waals surface area contributed by atoms with Gasteiger partial charge >= 0.3 is 12.4 Å². The van der Waals surface area contributed by atoms with E-state index in [1.807, 2.05) is 11.8 Å². The predicted molar refractivity (Wildman–Crippen MR) is 98.9 cm³/mol. The molecule has 4 nitrogen and oxygen atoms in total. The number of nitrogens with zero attached hydrogens (tertiary/aromatic N) is 1. The van der Waals surface area contributed by atoms with Gasteiger partial charge in [-0.2, -0.15) is 26.3 Å². The van der Waals surface area contributed by atoms with Crippen molar-refractivity contribution in [2.75, 3.05) is 13.1 Å². The summed E-state index contributed by atoms with van der Waals surface area (Å²) in [6.45, 7) is 3.05. The third kappa shape index (κ3) is 4.41. The number of alkyl halides is 6. The molecule has 3 saturated heterocycles. The molecule has 1 amide bonds. The van der Waals surface area contributed by atoms with E-state index in [9.17, 15) is 31.1 Å². The molecule has 3 aliphatic rings. The van der Waals surface area contributed by atoms with Crippen LogP contribution in [-0.2, 0) is 28.5 Å². The van der Waals surface area contributed by atoms with Crippen LogP contribution >= 0.6 is 0 Å². The summed E-state index contributed by atoms with van der Waals surface area (Å²) in [4.78, 5) is 14.5. The highest BCUT2D eigenvalue weighted by atomic mass is 19.4. The van der Waals surface area contributed by atoms with Gasteiger partial charge in [-0.3, -0.25) is 4.79 Å². The van der Waals surface area contributed by atoms with E-state index in [2.05, 4.69) is 5.32 Å². The molecule has 0 saturated carbocycles. The lowest BCUT2D eigenvalue weighted by atomic mass is 9.88. The van der Waals surface area contributed by atoms with Crippen molar-refractivity contribution >= 4 is 5.91 Å². The second-order valence-electron chi connectivity index (χ2n) is 8.95. The molecule has 0 aliphatic carbocycles. The zero-order valence-corrected chi connectivity index (χ0v) is 16.9. The summed E-state index contributed by atoms with van der Waals surface area (Å²) in [5.74, 6) is -0.0647. The Morgan fingerprint density at radius 3 is 2.23 bits per heavy atom. The van der Waals surface area contributed by atoms with Crippen molar-refractivity contribution in [3.05, 3.63) is 34.9 Å². The van der Waals surface area contributed by atoms with Crippen molar-refractivity contribution in [1.29, 1.82) is 0 Å². The SMILES string of the molecule is CC12CC(C(=O)N3CCC3)C(CCC1OCc1cc(C(F)(F)F)cc(C(F)(F)F)c1)N2. The number of benzene rings is 1. The number of ether oxygens (including phenoxy) is 1. The van der Waals surface area contributed by atoms with Crippen molar-refractivity contribution in [1.82, 2.24) is 10.2 Å². The van der Waals surface area contributed by atoms with E-state index in [-0.39, 0.29) is 36.1 Å². The summed E-state index contributed by atoms with van der Waals surface area (Å²) >= 11 is 0. The highest BCUT2D eigenvalue weighted by molar-refractivity contribution is 5.81. The number of likely N-dealkylation sites (tertiary alicyclic amines) is 1. The number of fused-ring (bicyclic) bond motifs is 2. The Balaban J connectivity index is 1.48. The molecule has 172 valence electrons. The van der Waals surface area contributed by atoms with Gasteiger partial charge in [0.15, 0.2) is 0 Å². The molecule has 0 aromatic heterocycles. The van der Waals surface area contributed by atoms with Gasteiger partial charge in [0.05, 0.1) is 29.8 Å². The molecule has 4 unspecified atom stereocenters. The molecule has 1 aromatic carbocycles. The summed E-state index contributed by atoms with van der Waals surface area (Å²) in [6.07, 6.45) is -7.41. The van der Waals surface area contributed by atoms with Crippen molar-refractivity contribution in [3.8, 4) is 0 Å². The molecule has 1 N–H and O–H groups in total. The number of halogens is 6. The molecule has 4 atom stereocenters. The standard InChI is InChI=1S/C21H24F6N2O2/c1-19-10-15(18(30)29-5-2-6-29)16(28-19)3-4-17(19)31-11-12-7-13(20(22,23)24)9-14(8-12)21(25,26)27/h7-9,15-17,28H,2-6,10-11H2,1H3. The normalized spacial score (nSPS) is 30.9. The maximum Gasteiger partial charge on any atom is 0.416 e. The minimum atomic E-state index is -4.89. The third-order valence-corrected chi connectivity index (χ3v) is 6.68. The fraction of sp³-hybridized carbons (Fsp3) is 0.667. The molecule has 0 radical (unpaired) electrons. The Morgan fingerprint density at radius 2 is 1.71 bits per heavy atom. The van der Waals surface area contributed by atoms with Crippen LogP contribution in [0.4, 0.5) is 26.3 Å². The van der Waals surface area contributed by atoms with E-state index in [1.165, 1.54) is 0 Å². The second-order valence-corrected chi connectivity index (χ2v) is 8.95. The molecule has 4 rings (SSSR count). The fourth-order valence-electron chi connectivity index (χ4n) is 4.93. The van der Waals surface area contributed by atoms with Crippen LogP contribution in [0, 0.1) is 5.92 Å². The lowest BCUT2D eigenvalue weighted by molar-refractivity contribution is -0.143. The molecule has 3 fully saturated rings. The van der Waals surface area contributed by atoms with Crippen LogP contribution in [0.1, 0.15) is 49.3 Å². The molecule has 2 bridgehead atoms. The van der Waals surface area contributed by atoms with E-state index >= 15 is 0 Å². The van der Waals surface area contributed by atoms with Crippen molar-refractivity contribution < 1.29 is 35.9 Å². The van der Waals surface area contributed by atoms with E-state index in [0.717, 1.165) is 19.5 Å². The summed E-state index contributed by atoms with van der Waals surface area (Å²) in [5, 5.41) is 3.43. The monoisotopic (exact) mass is 450 g/mol. The fourth-order valence-corrected chi connectivity index (χ4v) is 4.93. The van der Waals surface area contributed by atoms with Gasteiger partial charge < -0.3 is 15.0 Å². The molecule has 31 heavy (non-hydrogen) atoms. The zero-order valence-electron chi connectivity index (χ0n) is 16.9. The van der Waals surface area contributed by atoms with Crippen LogP contribution < -0.4 is 5.32 Å². The van der Waals surface area contributed by atoms with Gasteiger partial charge in [0, 0.05) is 24.7 Å². The predicted octanol–water partition coefficient (Wildman–Crippen LogP) is 4.37. The summed E-state index contributed by atoms with van der Waals surface area (Å²) in [7, 11) is 0. The number of carbonyl (C=O) groups excluding carboxylic acids is 1. The minimum Gasteiger partial charge on any atom is -0.372 e. The third-order valence-electron chi connectivity index (χ3n) is 6.68. The number of carbonyl (C=O) groups is 1. The number of rotatable bonds is 4. The average Bonchev–Trinajstić information content (AvgIpc) is 2.89. The number of amides is 1. The summed E-state index contributed by atoms with van der Waals surface area (Å²) in [6, 6.07) is 1.52. The van der Waals surface area contributed by atoms with Gasteiger partial charge in [0.25, 0.3) is 0 Å². The van der Waals surface area contributed by atoms with Gasteiger partial charge in [0.1, 0.15) is 0 Å². The highest BCUT2D eigenvalue weighted by Gasteiger charge is 2.53. The van der Waals surface area contributed by atoms with Gasteiger partial charge in [-0.1, -0.05) is 0 Å². The van der Waals surface area contributed by atoms with E-state index in [4.69, 9.17) is 4.74 Å². The van der Waals surface area contributed by atoms with E-state index in [0.29, 0.717) is 31.4 Å². The average molecular weight is 450 g/mol. The van der Waals surface area contributed by atoms with Crippen LogP contribution in [0.25, 0.3) is 0 Å². The Morgan fingerprint density at radius 1 is 1.10 bits per heavy atom. The molecule has 10 heteroatoms. The van der Waals surface area contributed by atoms with Gasteiger partial charge in [-0.15, -0.1) is 0 Å². The van der Waals surface area contributed by atoms with Crippen molar-refractivity contribution in [3.63, 3.8) is 0 Å². The van der Waals surface area contributed by atoms with Crippen molar-refractivity contribution in [2.45, 2.75) is 69.3 Å². The lowest BCUT2D eigenvalue weighted by Crippen LogP contribution is -2.55. The first kappa shape index (κ1) is 22.4. The van der Waals surface area contributed by atoms with Crippen LogP contribution in [-0.4, -0.2) is 41.6 Å². The lowest BCUT2D eigenvalue weighted by Gasteiger charge is -2.39. The first-order chi connectivity index (χ1) is 14.4. The first-order valence-electron chi connectivity index (χ1n) is 10.3. The number of hydrogen-bond acceptors (Lipinski definition) is 3. The quantitative estimate of drug-likeness (QED) is 0.693. The second kappa shape index (κ2) is 7.65. The van der Waals surface area contributed by atoms with Crippen LogP contribution in [0.3, 0.4) is 0 Å². The van der Waals surface area contributed by atoms with Crippen LogP contribution in [0.2, 0.25) is 0 Å². The Hall–Kier alpha value is -1.81. The molecule has 3 aliphatic heterocycles. The maximum absolute atomic E-state index is 13.1. The summed E-state index contributed by atoms with van der Waals surface area (Å²) in [5.41, 5.74) is -3.44. The number of nitrogens with one attached hydrogen (secondary N) is 1. The molecule has 0 spiro atoms. The van der Waals surface area contributed by atoms with Crippen LogP contribution in [0.5, 0.6) is 0 Å². The van der Waals surface area contributed by atoms with Crippen LogP contribution in [0.15, 0.2) is 18.2 Å². The van der Waals surface area contributed by atoms with Gasteiger partial charge in [-0.25, -0.2) is 0 Å². The van der Waals surface area contributed by atoms with Crippen molar-refractivity contribution in [2.24, 2.45) is 5.92 Å². The smallest absolute Gasteiger partial charge is 0.372 e. The minimum absolute atomic E-state index is 0.0170. The zero-order chi connectivity index (χ0) is 22.6. The molecular formula is C21H24F6N2O2. The largest absolute Gasteiger partial charge is 0.416 e. The Labute approximate surface area is 175 Å². The molecule has 1 aromatic rings.